The molecule has 3 nitrogen and oxygen atoms in total. The van der Waals surface area contributed by atoms with Crippen LogP contribution in [-0.2, 0) is 18.6 Å². The summed E-state index contributed by atoms with van der Waals surface area (Å²) in [7, 11) is 1.98. The van der Waals surface area contributed by atoms with Crippen molar-refractivity contribution in [1.29, 1.82) is 0 Å². The largest absolute Gasteiger partial charge is 0.320 e. The van der Waals surface area contributed by atoms with Crippen LogP contribution in [0.5, 0.6) is 0 Å². The van der Waals surface area contributed by atoms with Gasteiger partial charge in [-0.3, -0.25) is 0 Å². The molecule has 16 heavy (non-hydrogen) atoms. The molecule has 0 amide bonds. The predicted molar refractivity (Wildman–Crippen MR) is 68.9 cm³/mol. The van der Waals surface area contributed by atoms with Crippen molar-refractivity contribution in [2.75, 3.05) is 19.3 Å². The SMILES string of the molecule is CNCCCc1nc(C)c2c(n1)CCSC2. The molecule has 2 heterocycles. The van der Waals surface area contributed by atoms with Gasteiger partial charge in [-0.2, -0.15) is 11.8 Å². The Morgan fingerprint density at radius 1 is 1.38 bits per heavy atom. The minimum Gasteiger partial charge on any atom is -0.320 e. The predicted octanol–water partition coefficient (Wildman–Crippen LogP) is 1.73. The maximum Gasteiger partial charge on any atom is 0.128 e. The van der Waals surface area contributed by atoms with Gasteiger partial charge in [-0.15, -0.1) is 0 Å². The van der Waals surface area contributed by atoms with E-state index in [2.05, 4.69) is 17.2 Å². The molecule has 88 valence electrons. The molecule has 0 spiro atoms. The van der Waals surface area contributed by atoms with Crippen molar-refractivity contribution >= 4 is 11.8 Å². The van der Waals surface area contributed by atoms with Crippen molar-refractivity contribution in [3.8, 4) is 0 Å². The second-order valence-corrected chi connectivity index (χ2v) is 5.27. The van der Waals surface area contributed by atoms with Gasteiger partial charge in [0.1, 0.15) is 5.82 Å². The van der Waals surface area contributed by atoms with Crippen LogP contribution in [0.15, 0.2) is 0 Å². The van der Waals surface area contributed by atoms with Crippen LogP contribution in [0.2, 0.25) is 0 Å². The van der Waals surface area contributed by atoms with Crippen LogP contribution >= 0.6 is 11.8 Å². The van der Waals surface area contributed by atoms with E-state index in [4.69, 9.17) is 4.98 Å². The lowest BCUT2D eigenvalue weighted by atomic mass is 10.1. The lowest BCUT2D eigenvalue weighted by molar-refractivity contribution is 0.693. The van der Waals surface area contributed by atoms with Crippen LogP contribution < -0.4 is 5.32 Å². The Morgan fingerprint density at radius 3 is 3.06 bits per heavy atom. The molecule has 0 fully saturated rings. The number of hydrogen-bond donors (Lipinski definition) is 1. The van der Waals surface area contributed by atoms with Crippen LogP contribution in [0.3, 0.4) is 0 Å². The van der Waals surface area contributed by atoms with E-state index in [1.54, 1.807) is 0 Å². The van der Waals surface area contributed by atoms with Crippen molar-refractivity contribution in [1.82, 2.24) is 15.3 Å². The highest BCUT2D eigenvalue weighted by Crippen LogP contribution is 2.25. The van der Waals surface area contributed by atoms with Gasteiger partial charge in [-0.05, 0) is 39.1 Å². The molecule has 0 bridgehead atoms. The molecule has 1 aliphatic heterocycles. The highest BCUT2D eigenvalue weighted by molar-refractivity contribution is 7.98. The Morgan fingerprint density at radius 2 is 2.25 bits per heavy atom. The first-order chi connectivity index (χ1) is 7.81. The van der Waals surface area contributed by atoms with Crippen molar-refractivity contribution in [3.05, 3.63) is 22.8 Å². The van der Waals surface area contributed by atoms with E-state index in [1.165, 1.54) is 22.7 Å². The van der Waals surface area contributed by atoms with Gasteiger partial charge in [-0.25, -0.2) is 9.97 Å². The molecule has 2 rings (SSSR count). The molecular weight excluding hydrogens is 218 g/mol. The number of aromatic nitrogens is 2. The summed E-state index contributed by atoms with van der Waals surface area (Å²) in [4.78, 5) is 9.30. The van der Waals surface area contributed by atoms with E-state index in [9.17, 15) is 0 Å². The molecule has 1 aliphatic rings. The molecule has 1 N–H and O–H groups in total. The zero-order valence-corrected chi connectivity index (χ0v) is 10.9. The fraction of sp³-hybridized carbons (Fsp3) is 0.667. The van der Waals surface area contributed by atoms with E-state index >= 15 is 0 Å². The number of rotatable bonds is 4. The molecule has 1 aromatic rings. The van der Waals surface area contributed by atoms with Gasteiger partial charge in [0.15, 0.2) is 0 Å². The minimum atomic E-state index is 0.988. The second-order valence-electron chi connectivity index (χ2n) is 4.16. The number of nitrogens with one attached hydrogen (secondary N) is 1. The van der Waals surface area contributed by atoms with E-state index in [1.807, 2.05) is 18.8 Å². The number of hydrogen-bond acceptors (Lipinski definition) is 4. The summed E-state index contributed by atoms with van der Waals surface area (Å²) < 4.78 is 0. The van der Waals surface area contributed by atoms with Gasteiger partial charge >= 0.3 is 0 Å². The summed E-state index contributed by atoms with van der Waals surface area (Å²) in [6, 6.07) is 0. The standard InChI is InChI=1S/C12H19N3S/c1-9-10-8-16-7-5-11(10)15-12(14-9)4-3-6-13-2/h13H,3-8H2,1-2H3. The zero-order chi connectivity index (χ0) is 11.4. The summed E-state index contributed by atoms with van der Waals surface area (Å²) >= 11 is 1.99. The Hall–Kier alpha value is -0.610. The third-order valence-corrected chi connectivity index (χ3v) is 3.89. The monoisotopic (exact) mass is 237 g/mol. The topological polar surface area (TPSA) is 37.8 Å². The molecule has 1 aromatic heterocycles. The fourth-order valence-electron chi connectivity index (χ4n) is 1.99. The third-order valence-electron chi connectivity index (χ3n) is 2.90. The molecule has 0 saturated heterocycles. The Kier molecular flexibility index (Phi) is 4.18. The molecule has 4 heteroatoms. The van der Waals surface area contributed by atoms with Gasteiger partial charge in [0.25, 0.3) is 0 Å². The number of aryl methyl sites for hydroxylation is 3. The molecule has 0 radical (unpaired) electrons. The van der Waals surface area contributed by atoms with Crippen LogP contribution in [0, 0.1) is 6.92 Å². The smallest absolute Gasteiger partial charge is 0.128 e. The third kappa shape index (κ3) is 2.74. The first-order valence-corrected chi connectivity index (χ1v) is 7.04. The number of nitrogens with zero attached hydrogens (tertiary/aromatic N) is 2. The zero-order valence-electron chi connectivity index (χ0n) is 10.0. The lowest BCUT2D eigenvalue weighted by Crippen LogP contribution is -2.14. The summed E-state index contributed by atoms with van der Waals surface area (Å²) in [5.74, 6) is 3.33. The molecule has 0 atom stereocenters. The highest BCUT2D eigenvalue weighted by atomic mass is 32.2. The average molecular weight is 237 g/mol. The summed E-state index contributed by atoms with van der Waals surface area (Å²) in [6.07, 6.45) is 3.22. The van der Waals surface area contributed by atoms with Crippen LogP contribution in [0.25, 0.3) is 0 Å². The maximum absolute atomic E-state index is 4.69. The number of fused-ring (bicyclic) bond motifs is 1. The molecular formula is C12H19N3S. The first kappa shape index (κ1) is 11.9. The Balaban J connectivity index is 2.12. The molecule has 0 aromatic carbocycles. The van der Waals surface area contributed by atoms with Gasteiger partial charge in [0.05, 0.1) is 0 Å². The fourth-order valence-corrected chi connectivity index (χ4v) is 3.05. The van der Waals surface area contributed by atoms with Gasteiger partial charge in [0, 0.05) is 29.1 Å². The van der Waals surface area contributed by atoms with Crippen molar-refractivity contribution in [3.63, 3.8) is 0 Å². The van der Waals surface area contributed by atoms with Crippen LogP contribution in [0.4, 0.5) is 0 Å². The molecule has 0 unspecified atom stereocenters. The van der Waals surface area contributed by atoms with E-state index < -0.39 is 0 Å². The Labute approximate surface area is 101 Å². The van der Waals surface area contributed by atoms with Gasteiger partial charge in [-0.1, -0.05) is 0 Å². The summed E-state index contributed by atoms with van der Waals surface area (Å²) in [5, 5.41) is 3.16. The highest BCUT2D eigenvalue weighted by Gasteiger charge is 2.15. The first-order valence-electron chi connectivity index (χ1n) is 5.89. The summed E-state index contributed by atoms with van der Waals surface area (Å²) in [5.41, 5.74) is 3.87. The average Bonchev–Trinajstić information content (AvgIpc) is 2.30. The number of thioether (sulfide) groups is 1. The molecule has 0 saturated carbocycles. The van der Waals surface area contributed by atoms with E-state index in [-0.39, 0.29) is 0 Å². The van der Waals surface area contributed by atoms with Crippen LogP contribution in [0.1, 0.15) is 29.2 Å². The maximum atomic E-state index is 4.69. The Bertz CT molecular complexity index is 366. The normalized spacial score (nSPS) is 14.9. The quantitative estimate of drug-likeness (QED) is 0.809. The van der Waals surface area contributed by atoms with Crippen molar-refractivity contribution in [2.24, 2.45) is 0 Å². The lowest BCUT2D eigenvalue weighted by Gasteiger charge is -2.17. The van der Waals surface area contributed by atoms with Gasteiger partial charge < -0.3 is 5.32 Å². The van der Waals surface area contributed by atoms with E-state index in [0.29, 0.717) is 0 Å². The minimum absolute atomic E-state index is 0.988. The second kappa shape index (κ2) is 5.64. The van der Waals surface area contributed by atoms with Crippen molar-refractivity contribution < 1.29 is 0 Å². The van der Waals surface area contributed by atoms with E-state index in [0.717, 1.165) is 37.4 Å². The van der Waals surface area contributed by atoms with Crippen molar-refractivity contribution in [2.45, 2.75) is 31.9 Å². The summed E-state index contributed by atoms with van der Waals surface area (Å²) in [6.45, 7) is 3.16. The van der Waals surface area contributed by atoms with Gasteiger partial charge in [0.2, 0.25) is 0 Å². The molecule has 0 aliphatic carbocycles. The van der Waals surface area contributed by atoms with Crippen LogP contribution in [-0.4, -0.2) is 29.3 Å².